The van der Waals surface area contributed by atoms with E-state index < -0.39 is 34.3 Å². The van der Waals surface area contributed by atoms with Gasteiger partial charge in [0.15, 0.2) is 5.41 Å². The second-order valence-electron chi connectivity index (χ2n) is 7.48. The van der Waals surface area contributed by atoms with Crippen LogP contribution in [0.15, 0.2) is 47.4 Å². The van der Waals surface area contributed by atoms with Gasteiger partial charge < -0.3 is 4.90 Å². The molecule has 0 fully saturated rings. The van der Waals surface area contributed by atoms with E-state index in [2.05, 4.69) is 4.72 Å². The van der Waals surface area contributed by atoms with Gasteiger partial charge in [0.05, 0.1) is 4.90 Å². The number of alkyl halides is 6. The van der Waals surface area contributed by atoms with Crippen molar-refractivity contribution >= 4 is 20.8 Å². The van der Waals surface area contributed by atoms with E-state index >= 15 is 0 Å². The highest BCUT2D eigenvalue weighted by molar-refractivity contribution is 7.89. The Morgan fingerprint density at radius 3 is 2.06 bits per heavy atom. The van der Waals surface area contributed by atoms with Gasteiger partial charge in [0.2, 0.25) is 10.0 Å². The molecule has 4 nitrogen and oxygen atoms in total. The van der Waals surface area contributed by atoms with Crippen LogP contribution >= 0.6 is 0 Å². The molecule has 2 aromatic rings. The van der Waals surface area contributed by atoms with Crippen LogP contribution in [-0.4, -0.2) is 51.8 Å². The molecule has 0 aliphatic heterocycles. The summed E-state index contributed by atoms with van der Waals surface area (Å²) in [5.74, 6) is 0. The number of nitrogens with one attached hydrogen (secondary N) is 1. The Morgan fingerprint density at radius 1 is 0.903 bits per heavy atom. The second-order valence-corrected chi connectivity index (χ2v) is 9.21. The third-order valence-electron chi connectivity index (χ3n) is 5.09. The van der Waals surface area contributed by atoms with Gasteiger partial charge in [-0.25, -0.2) is 13.1 Å². The average molecular weight is 470 g/mol. The van der Waals surface area contributed by atoms with Crippen LogP contribution in [-0.2, 0) is 10.0 Å². The lowest BCUT2D eigenvalue weighted by Crippen LogP contribution is -2.55. The fraction of sp³-hybridized carbons (Fsp3) is 0.500. The van der Waals surface area contributed by atoms with Crippen LogP contribution < -0.4 is 4.72 Å². The number of hydrogen-bond donors (Lipinski definition) is 1. The van der Waals surface area contributed by atoms with Gasteiger partial charge in [-0.3, -0.25) is 0 Å². The number of sulfonamides is 1. The first kappa shape index (κ1) is 25.4. The van der Waals surface area contributed by atoms with Crippen molar-refractivity contribution < 1.29 is 34.8 Å². The van der Waals surface area contributed by atoms with Crippen LogP contribution in [0.2, 0.25) is 0 Å². The molecule has 2 aromatic carbocycles. The molecule has 0 bridgehead atoms. The second kappa shape index (κ2) is 9.33. The first-order valence-electron chi connectivity index (χ1n) is 9.56. The topological polar surface area (TPSA) is 49.4 Å². The van der Waals surface area contributed by atoms with Crippen molar-refractivity contribution in [3.63, 3.8) is 0 Å². The van der Waals surface area contributed by atoms with Crippen LogP contribution in [0.5, 0.6) is 0 Å². The molecule has 1 N–H and O–H groups in total. The van der Waals surface area contributed by atoms with Crippen LogP contribution in [0, 0.1) is 5.41 Å². The maximum Gasteiger partial charge on any atom is 0.404 e. The van der Waals surface area contributed by atoms with Gasteiger partial charge in [-0.1, -0.05) is 43.3 Å². The molecule has 0 atom stereocenters. The Morgan fingerprint density at radius 2 is 1.48 bits per heavy atom. The summed E-state index contributed by atoms with van der Waals surface area (Å²) in [5.41, 5.74) is -3.93. The van der Waals surface area contributed by atoms with E-state index in [1.807, 2.05) is 0 Å². The van der Waals surface area contributed by atoms with Crippen molar-refractivity contribution in [3.05, 3.63) is 42.5 Å². The number of fused-ring (bicyclic) bond motifs is 1. The fourth-order valence-corrected chi connectivity index (χ4v) is 4.47. The standard InChI is InChI=1S/C20H24F6N2O2S/c1-3-12-28(14-18(2,19(21,22)23)20(24,25)26)13-11-27-31(29,30)17-10-6-8-15-7-4-5-9-16(15)17/h4-10,27H,3,11-14H2,1-2H3. The van der Waals surface area contributed by atoms with E-state index in [-0.39, 0.29) is 31.5 Å². The van der Waals surface area contributed by atoms with Crippen LogP contribution in [0.25, 0.3) is 10.8 Å². The van der Waals surface area contributed by atoms with Crippen molar-refractivity contribution in [2.45, 2.75) is 37.5 Å². The molecule has 0 heterocycles. The van der Waals surface area contributed by atoms with Gasteiger partial charge in [-0.05, 0) is 31.3 Å². The minimum Gasteiger partial charge on any atom is -0.301 e. The minimum atomic E-state index is -5.50. The lowest BCUT2D eigenvalue weighted by Gasteiger charge is -2.38. The average Bonchev–Trinajstić information content (AvgIpc) is 2.65. The summed E-state index contributed by atoms with van der Waals surface area (Å²) in [4.78, 5) is 0.968. The predicted molar refractivity (Wildman–Crippen MR) is 106 cm³/mol. The largest absolute Gasteiger partial charge is 0.404 e. The van der Waals surface area contributed by atoms with E-state index in [4.69, 9.17) is 0 Å². The normalized spacial score (nSPS) is 13.8. The Bertz CT molecular complexity index is 970. The number of rotatable bonds is 9. The summed E-state index contributed by atoms with van der Waals surface area (Å²) in [7, 11) is -4.02. The summed E-state index contributed by atoms with van der Waals surface area (Å²) in [6.07, 6.45) is -10.7. The summed E-state index contributed by atoms with van der Waals surface area (Å²) in [6, 6.07) is 11.4. The third kappa shape index (κ3) is 5.69. The highest BCUT2D eigenvalue weighted by Crippen LogP contribution is 2.50. The molecule has 0 saturated carbocycles. The van der Waals surface area contributed by atoms with Gasteiger partial charge in [-0.2, -0.15) is 26.3 Å². The van der Waals surface area contributed by atoms with Gasteiger partial charge in [0, 0.05) is 25.0 Å². The molecule has 0 unspecified atom stereocenters. The summed E-state index contributed by atoms with van der Waals surface area (Å²) >= 11 is 0. The predicted octanol–water partition coefficient (Wildman–Crippen LogP) is 4.96. The lowest BCUT2D eigenvalue weighted by atomic mass is 9.88. The number of nitrogens with zero attached hydrogens (tertiary/aromatic N) is 1. The molecule has 0 spiro atoms. The summed E-state index contributed by atoms with van der Waals surface area (Å²) in [5, 5.41) is 1.15. The fourth-order valence-electron chi connectivity index (χ4n) is 3.22. The van der Waals surface area contributed by atoms with Crippen molar-refractivity contribution in [3.8, 4) is 0 Å². The molecule has 0 saturated heterocycles. The molecule has 2 rings (SSSR count). The third-order valence-corrected chi connectivity index (χ3v) is 6.61. The molecule has 0 aliphatic rings. The van der Waals surface area contributed by atoms with Crippen molar-refractivity contribution in [2.75, 3.05) is 26.2 Å². The van der Waals surface area contributed by atoms with Crippen LogP contribution in [0.3, 0.4) is 0 Å². The smallest absolute Gasteiger partial charge is 0.301 e. The minimum absolute atomic E-state index is 0.0111. The highest BCUT2D eigenvalue weighted by atomic mass is 32.2. The monoisotopic (exact) mass is 470 g/mol. The highest BCUT2D eigenvalue weighted by Gasteiger charge is 2.67. The number of halogens is 6. The maximum absolute atomic E-state index is 13.2. The quantitative estimate of drug-likeness (QED) is 0.527. The Kier molecular flexibility index (Phi) is 7.65. The van der Waals surface area contributed by atoms with Crippen LogP contribution in [0.1, 0.15) is 20.3 Å². The first-order chi connectivity index (χ1) is 14.2. The van der Waals surface area contributed by atoms with Gasteiger partial charge >= 0.3 is 12.4 Å². The number of benzene rings is 2. The molecule has 174 valence electrons. The molecular weight excluding hydrogens is 446 g/mol. The maximum atomic E-state index is 13.2. The number of hydrogen-bond acceptors (Lipinski definition) is 3. The Balaban J connectivity index is 2.16. The molecular formula is C20H24F6N2O2S. The Hall–Kier alpha value is -1.85. The van der Waals surface area contributed by atoms with Gasteiger partial charge in [0.1, 0.15) is 0 Å². The zero-order valence-electron chi connectivity index (χ0n) is 17.0. The zero-order valence-corrected chi connectivity index (χ0v) is 17.8. The van der Waals surface area contributed by atoms with E-state index in [9.17, 15) is 34.8 Å². The van der Waals surface area contributed by atoms with E-state index in [1.165, 1.54) is 6.07 Å². The zero-order chi connectivity index (χ0) is 23.5. The summed E-state index contributed by atoms with van der Waals surface area (Å²) in [6.45, 7) is -0.264. The van der Waals surface area contributed by atoms with Gasteiger partial charge in [-0.15, -0.1) is 0 Å². The SMILES string of the molecule is CCCN(CCNS(=O)(=O)c1cccc2ccccc12)CC(C)(C(F)(F)F)C(F)(F)F. The van der Waals surface area contributed by atoms with Crippen molar-refractivity contribution in [1.82, 2.24) is 9.62 Å². The Labute approximate surface area is 177 Å². The summed E-state index contributed by atoms with van der Waals surface area (Å²) < 4.78 is 107. The molecule has 0 aliphatic carbocycles. The van der Waals surface area contributed by atoms with E-state index in [1.54, 1.807) is 43.3 Å². The molecule has 0 amide bonds. The molecule has 11 heteroatoms. The molecule has 0 aromatic heterocycles. The van der Waals surface area contributed by atoms with Crippen molar-refractivity contribution in [2.24, 2.45) is 5.41 Å². The van der Waals surface area contributed by atoms with Crippen molar-refractivity contribution in [1.29, 1.82) is 0 Å². The molecule has 31 heavy (non-hydrogen) atoms. The van der Waals surface area contributed by atoms with E-state index in [0.29, 0.717) is 17.2 Å². The molecule has 0 radical (unpaired) electrons. The van der Waals surface area contributed by atoms with E-state index in [0.717, 1.165) is 4.90 Å². The first-order valence-corrected chi connectivity index (χ1v) is 11.0. The van der Waals surface area contributed by atoms with Gasteiger partial charge in [0.25, 0.3) is 0 Å². The van der Waals surface area contributed by atoms with Crippen LogP contribution in [0.4, 0.5) is 26.3 Å². The lowest BCUT2D eigenvalue weighted by molar-refractivity contribution is -0.337.